The molecule has 98 valence electrons. The van der Waals surface area contributed by atoms with Gasteiger partial charge in [0.15, 0.2) is 0 Å². The molecule has 0 aliphatic heterocycles. The van der Waals surface area contributed by atoms with Crippen LogP contribution in [0.5, 0.6) is 0 Å². The number of aliphatic hydroxyl groups excluding tert-OH is 1. The van der Waals surface area contributed by atoms with Gasteiger partial charge in [-0.25, -0.2) is 4.39 Å². The third-order valence-corrected chi connectivity index (χ3v) is 2.71. The Morgan fingerprint density at radius 1 is 1.21 bits per heavy atom. The number of carbonyl (C=O) groups is 1. The predicted octanol–water partition coefficient (Wildman–Crippen LogP) is 3.13. The summed E-state index contributed by atoms with van der Waals surface area (Å²) in [6.07, 6.45) is -0.606. The second-order valence-corrected chi connectivity index (χ2v) is 4.27. The van der Waals surface area contributed by atoms with Gasteiger partial charge in [0.1, 0.15) is 5.82 Å². The maximum Gasteiger partial charge on any atom is 0.255 e. The molecule has 0 aromatic heterocycles. The highest BCUT2D eigenvalue weighted by atomic mass is 19.1. The Balaban J connectivity index is 2.17. The van der Waals surface area contributed by atoms with E-state index in [1.165, 1.54) is 24.3 Å². The number of halogens is 1. The van der Waals surface area contributed by atoms with Gasteiger partial charge in [-0.15, -0.1) is 0 Å². The highest BCUT2D eigenvalue weighted by Crippen LogP contribution is 2.17. The standard InChI is InChI=1S/C15H14FNO2/c1-10(18)11-4-3-7-14(9-11)17-15(19)12-5-2-6-13(16)8-12/h2-10,18H,1H3,(H,17,19). The van der Waals surface area contributed by atoms with Crippen LogP contribution in [0.15, 0.2) is 48.5 Å². The predicted molar refractivity (Wildman–Crippen MR) is 71.4 cm³/mol. The molecule has 3 nitrogen and oxygen atoms in total. The van der Waals surface area contributed by atoms with Crippen LogP contribution in [0.4, 0.5) is 10.1 Å². The average Bonchev–Trinajstić information content (AvgIpc) is 2.39. The minimum Gasteiger partial charge on any atom is -0.389 e. The minimum absolute atomic E-state index is 0.252. The Bertz CT molecular complexity index is 596. The van der Waals surface area contributed by atoms with Crippen LogP contribution in [0.3, 0.4) is 0 Å². The van der Waals surface area contributed by atoms with Crippen LogP contribution in [0.1, 0.15) is 28.9 Å². The van der Waals surface area contributed by atoms with Crippen molar-refractivity contribution in [3.05, 3.63) is 65.5 Å². The monoisotopic (exact) mass is 259 g/mol. The lowest BCUT2D eigenvalue weighted by atomic mass is 10.1. The van der Waals surface area contributed by atoms with Gasteiger partial charge in [0.05, 0.1) is 6.10 Å². The fourth-order valence-corrected chi connectivity index (χ4v) is 1.71. The molecule has 0 spiro atoms. The molecular weight excluding hydrogens is 245 g/mol. The maximum atomic E-state index is 13.0. The molecular formula is C15H14FNO2. The van der Waals surface area contributed by atoms with Crippen LogP contribution in [-0.2, 0) is 0 Å². The maximum absolute atomic E-state index is 13.0. The quantitative estimate of drug-likeness (QED) is 0.889. The van der Waals surface area contributed by atoms with E-state index >= 15 is 0 Å². The number of hydrogen-bond acceptors (Lipinski definition) is 2. The van der Waals surface area contributed by atoms with E-state index in [1.807, 2.05) is 0 Å². The van der Waals surface area contributed by atoms with Gasteiger partial charge < -0.3 is 10.4 Å². The zero-order valence-electron chi connectivity index (χ0n) is 10.4. The molecule has 0 bridgehead atoms. The smallest absolute Gasteiger partial charge is 0.255 e. The molecule has 2 rings (SSSR count). The molecule has 0 saturated heterocycles. The SMILES string of the molecule is CC(O)c1cccc(NC(=O)c2cccc(F)c2)c1. The van der Waals surface area contributed by atoms with E-state index in [-0.39, 0.29) is 11.5 Å². The fraction of sp³-hybridized carbons (Fsp3) is 0.133. The average molecular weight is 259 g/mol. The van der Waals surface area contributed by atoms with E-state index in [0.29, 0.717) is 11.3 Å². The Kier molecular flexibility index (Phi) is 3.92. The minimum atomic E-state index is -0.606. The summed E-state index contributed by atoms with van der Waals surface area (Å²) in [6, 6.07) is 12.4. The zero-order chi connectivity index (χ0) is 13.8. The second-order valence-electron chi connectivity index (χ2n) is 4.27. The van der Waals surface area contributed by atoms with Crippen LogP contribution < -0.4 is 5.32 Å². The fourth-order valence-electron chi connectivity index (χ4n) is 1.71. The summed E-state index contributed by atoms with van der Waals surface area (Å²) in [5, 5.41) is 12.1. The van der Waals surface area contributed by atoms with Crippen LogP contribution >= 0.6 is 0 Å². The highest BCUT2D eigenvalue weighted by molar-refractivity contribution is 6.04. The van der Waals surface area contributed by atoms with E-state index in [4.69, 9.17) is 0 Å². The summed E-state index contributed by atoms with van der Waals surface area (Å²) in [5.41, 5.74) is 1.52. The first-order valence-electron chi connectivity index (χ1n) is 5.91. The summed E-state index contributed by atoms with van der Waals surface area (Å²) >= 11 is 0. The number of amides is 1. The number of benzene rings is 2. The first kappa shape index (κ1) is 13.2. The molecule has 2 aromatic rings. The van der Waals surface area contributed by atoms with Crippen molar-refractivity contribution in [1.82, 2.24) is 0 Å². The molecule has 0 fully saturated rings. The van der Waals surface area contributed by atoms with Gasteiger partial charge in [-0.1, -0.05) is 18.2 Å². The molecule has 0 aliphatic carbocycles. The van der Waals surface area contributed by atoms with Crippen LogP contribution in [0.25, 0.3) is 0 Å². The van der Waals surface area contributed by atoms with E-state index in [2.05, 4.69) is 5.32 Å². The highest BCUT2D eigenvalue weighted by Gasteiger charge is 2.08. The Morgan fingerprint density at radius 2 is 1.95 bits per heavy atom. The van der Waals surface area contributed by atoms with Gasteiger partial charge >= 0.3 is 0 Å². The van der Waals surface area contributed by atoms with Crippen molar-refractivity contribution < 1.29 is 14.3 Å². The van der Waals surface area contributed by atoms with E-state index in [9.17, 15) is 14.3 Å². The number of nitrogens with one attached hydrogen (secondary N) is 1. The van der Waals surface area contributed by atoms with Crippen molar-refractivity contribution in [1.29, 1.82) is 0 Å². The van der Waals surface area contributed by atoms with Crippen molar-refractivity contribution in [2.75, 3.05) is 5.32 Å². The van der Waals surface area contributed by atoms with Gasteiger partial charge in [0, 0.05) is 11.3 Å². The molecule has 2 N–H and O–H groups in total. The summed E-state index contributed by atoms with van der Waals surface area (Å²) in [4.78, 5) is 11.9. The number of aliphatic hydroxyl groups is 1. The molecule has 2 aromatic carbocycles. The molecule has 19 heavy (non-hydrogen) atoms. The normalized spacial score (nSPS) is 11.9. The molecule has 1 atom stereocenters. The first-order valence-corrected chi connectivity index (χ1v) is 5.91. The number of rotatable bonds is 3. The first-order chi connectivity index (χ1) is 9.06. The molecule has 0 heterocycles. The van der Waals surface area contributed by atoms with E-state index < -0.39 is 11.9 Å². The largest absolute Gasteiger partial charge is 0.389 e. The van der Waals surface area contributed by atoms with Gasteiger partial charge in [-0.05, 0) is 42.8 Å². The third kappa shape index (κ3) is 3.39. The molecule has 0 saturated carbocycles. The lowest BCUT2D eigenvalue weighted by Gasteiger charge is -2.09. The molecule has 0 radical (unpaired) electrons. The third-order valence-electron chi connectivity index (χ3n) is 2.71. The topological polar surface area (TPSA) is 49.3 Å². The summed E-state index contributed by atoms with van der Waals surface area (Å²) in [6.45, 7) is 1.65. The van der Waals surface area contributed by atoms with Crippen LogP contribution in [-0.4, -0.2) is 11.0 Å². The second kappa shape index (κ2) is 5.63. The molecule has 1 unspecified atom stereocenters. The lowest BCUT2D eigenvalue weighted by Crippen LogP contribution is -2.12. The van der Waals surface area contributed by atoms with Crippen LogP contribution in [0, 0.1) is 5.82 Å². The van der Waals surface area contributed by atoms with Crippen molar-refractivity contribution >= 4 is 11.6 Å². The number of hydrogen-bond donors (Lipinski definition) is 2. The molecule has 0 aliphatic rings. The summed E-state index contributed by atoms with van der Waals surface area (Å²) < 4.78 is 13.0. The van der Waals surface area contributed by atoms with Crippen molar-refractivity contribution in [3.63, 3.8) is 0 Å². The Labute approximate surface area is 110 Å². The van der Waals surface area contributed by atoms with E-state index in [1.54, 1.807) is 31.2 Å². The lowest BCUT2D eigenvalue weighted by molar-refractivity contribution is 0.102. The van der Waals surface area contributed by atoms with E-state index in [0.717, 1.165) is 0 Å². The summed E-state index contributed by atoms with van der Waals surface area (Å²) in [5.74, 6) is -0.840. The van der Waals surface area contributed by atoms with Gasteiger partial charge in [0.25, 0.3) is 5.91 Å². The number of carbonyl (C=O) groups excluding carboxylic acids is 1. The zero-order valence-corrected chi connectivity index (χ0v) is 10.4. The Morgan fingerprint density at radius 3 is 2.63 bits per heavy atom. The van der Waals surface area contributed by atoms with Crippen molar-refractivity contribution in [3.8, 4) is 0 Å². The number of anilines is 1. The van der Waals surface area contributed by atoms with Gasteiger partial charge in [-0.2, -0.15) is 0 Å². The van der Waals surface area contributed by atoms with Crippen molar-refractivity contribution in [2.24, 2.45) is 0 Å². The Hall–Kier alpha value is -2.20. The van der Waals surface area contributed by atoms with Crippen LogP contribution in [0.2, 0.25) is 0 Å². The van der Waals surface area contributed by atoms with Crippen molar-refractivity contribution in [2.45, 2.75) is 13.0 Å². The summed E-state index contributed by atoms with van der Waals surface area (Å²) in [7, 11) is 0. The van der Waals surface area contributed by atoms with Gasteiger partial charge in [-0.3, -0.25) is 4.79 Å². The molecule has 1 amide bonds. The molecule has 4 heteroatoms. The van der Waals surface area contributed by atoms with Gasteiger partial charge in [0.2, 0.25) is 0 Å².